The lowest BCUT2D eigenvalue weighted by molar-refractivity contribution is -0.139. The van der Waals surface area contributed by atoms with Crippen molar-refractivity contribution in [3.63, 3.8) is 0 Å². The fourth-order valence-corrected chi connectivity index (χ4v) is 3.11. The van der Waals surface area contributed by atoms with E-state index in [-0.39, 0.29) is 18.6 Å². The lowest BCUT2D eigenvalue weighted by atomic mass is 9.85. The summed E-state index contributed by atoms with van der Waals surface area (Å²) in [4.78, 5) is 13.1. The molecule has 0 saturated heterocycles. The number of benzene rings is 1. The molecule has 2 N–H and O–H groups in total. The molecule has 0 amide bonds. The minimum Gasteiger partial charge on any atom is -0.480 e. The van der Waals surface area contributed by atoms with E-state index in [1.807, 2.05) is 6.07 Å². The Balaban J connectivity index is 1.55. The number of rotatable bonds is 7. The van der Waals surface area contributed by atoms with Crippen molar-refractivity contribution in [2.75, 3.05) is 18.4 Å². The van der Waals surface area contributed by atoms with Gasteiger partial charge in [0.25, 0.3) is 0 Å². The summed E-state index contributed by atoms with van der Waals surface area (Å²) in [5.74, 6) is -0.549. The van der Waals surface area contributed by atoms with Crippen LogP contribution in [0.2, 0.25) is 0 Å². The van der Waals surface area contributed by atoms with E-state index in [0.29, 0.717) is 17.2 Å². The highest BCUT2D eigenvalue weighted by molar-refractivity contribution is 5.69. The largest absolute Gasteiger partial charge is 0.480 e. The van der Waals surface area contributed by atoms with E-state index in [1.54, 1.807) is 6.07 Å². The molecule has 6 heteroatoms. The first-order valence-electron chi connectivity index (χ1n) is 7.97. The highest BCUT2D eigenvalue weighted by Crippen LogP contribution is 2.35. The number of aliphatic carboxylic acids is 1. The summed E-state index contributed by atoms with van der Waals surface area (Å²) in [6, 6.07) is 6.61. The van der Waals surface area contributed by atoms with Crippen LogP contribution in [0.1, 0.15) is 31.2 Å². The van der Waals surface area contributed by atoms with Crippen molar-refractivity contribution in [3.05, 3.63) is 29.6 Å². The monoisotopic (exact) mass is 317 g/mol. The van der Waals surface area contributed by atoms with E-state index < -0.39 is 11.8 Å². The van der Waals surface area contributed by atoms with E-state index in [4.69, 9.17) is 10.4 Å². The van der Waals surface area contributed by atoms with Crippen molar-refractivity contribution in [3.8, 4) is 6.07 Å². The molecular weight excluding hydrogens is 297 g/mol. The van der Waals surface area contributed by atoms with Crippen LogP contribution < -0.4 is 5.32 Å². The summed E-state index contributed by atoms with van der Waals surface area (Å²) < 4.78 is 13.1. The summed E-state index contributed by atoms with van der Waals surface area (Å²) in [5, 5.41) is 21.4. The van der Waals surface area contributed by atoms with Crippen LogP contribution in [0.25, 0.3) is 0 Å². The topological polar surface area (TPSA) is 76.4 Å². The molecule has 0 bridgehead atoms. The van der Waals surface area contributed by atoms with E-state index in [1.165, 1.54) is 25.0 Å². The Morgan fingerprint density at radius 2 is 2.17 bits per heavy atom. The third-order valence-electron chi connectivity index (χ3n) is 4.62. The molecule has 2 fully saturated rings. The maximum absolute atomic E-state index is 13.1. The first-order valence-corrected chi connectivity index (χ1v) is 7.97. The van der Waals surface area contributed by atoms with E-state index in [2.05, 4.69) is 10.2 Å². The maximum atomic E-state index is 13.1. The molecule has 2 saturated carbocycles. The van der Waals surface area contributed by atoms with Gasteiger partial charge >= 0.3 is 5.97 Å². The number of carboxylic acids is 1. The van der Waals surface area contributed by atoms with E-state index >= 15 is 0 Å². The predicted octanol–water partition coefficient (Wildman–Crippen LogP) is 2.44. The van der Waals surface area contributed by atoms with Gasteiger partial charge in [-0.2, -0.15) is 5.26 Å². The summed E-state index contributed by atoms with van der Waals surface area (Å²) in [5.41, 5.74) is 0.943. The maximum Gasteiger partial charge on any atom is 0.317 e. The number of carboxylic acid groups (broad SMARTS) is 1. The third kappa shape index (κ3) is 3.99. The van der Waals surface area contributed by atoms with Crippen LogP contribution in [-0.4, -0.2) is 41.1 Å². The van der Waals surface area contributed by atoms with Gasteiger partial charge in [0.1, 0.15) is 11.9 Å². The Labute approximate surface area is 134 Å². The molecule has 0 heterocycles. The summed E-state index contributed by atoms with van der Waals surface area (Å²) in [6.45, 7) is 0.956. The van der Waals surface area contributed by atoms with Gasteiger partial charge in [-0.3, -0.25) is 9.69 Å². The van der Waals surface area contributed by atoms with E-state index in [0.717, 1.165) is 19.4 Å². The van der Waals surface area contributed by atoms with Crippen LogP contribution in [0.5, 0.6) is 0 Å². The molecule has 0 aliphatic heterocycles. The van der Waals surface area contributed by atoms with Gasteiger partial charge in [0.05, 0.1) is 17.8 Å². The molecule has 1 aromatic carbocycles. The normalized spacial score (nSPS) is 23.2. The number of halogens is 1. The highest BCUT2D eigenvalue weighted by Gasteiger charge is 2.37. The molecule has 122 valence electrons. The summed E-state index contributed by atoms with van der Waals surface area (Å²) >= 11 is 0. The fourth-order valence-electron chi connectivity index (χ4n) is 3.11. The minimum absolute atomic E-state index is 0.0912. The minimum atomic E-state index is -0.785. The lowest BCUT2D eigenvalue weighted by Crippen LogP contribution is -2.52. The molecule has 0 atom stereocenters. The van der Waals surface area contributed by atoms with Crippen molar-refractivity contribution in [2.45, 2.75) is 37.8 Å². The zero-order valence-electron chi connectivity index (χ0n) is 12.8. The molecule has 2 aliphatic rings. The van der Waals surface area contributed by atoms with Crippen LogP contribution in [0, 0.1) is 23.1 Å². The average molecular weight is 317 g/mol. The highest BCUT2D eigenvalue weighted by atomic mass is 19.1. The first-order chi connectivity index (χ1) is 11.0. The molecule has 3 rings (SSSR count). The number of hydrogen-bond acceptors (Lipinski definition) is 4. The van der Waals surface area contributed by atoms with Crippen LogP contribution >= 0.6 is 0 Å². The second-order valence-corrected chi connectivity index (χ2v) is 6.53. The van der Waals surface area contributed by atoms with Crippen LogP contribution in [0.3, 0.4) is 0 Å². The molecule has 2 aliphatic carbocycles. The predicted molar refractivity (Wildman–Crippen MR) is 83.5 cm³/mol. The molecule has 23 heavy (non-hydrogen) atoms. The van der Waals surface area contributed by atoms with E-state index in [9.17, 15) is 9.18 Å². The standard InChI is InChI=1S/C17H20FN3O2/c18-13-3-4-16(12(5-13)8-19)20-14-6-15(7-14)21(10-17(22)23)9-11-1-2-11/h3-5,11,14-15,20H,1-2,6-7,9-10H2,(H,22,23). The first kappa shape index (κ1) is 15.8. The van der Waals surface area contributed by atoms with Gasteiger partial charge in [-0.1, -0.05) is 0 Å². The smallest absolute Gasteiger partial charge is 0.317 e. The van der Waals surface area contributed by atoms with Gasteiger partial charge in [0.15, 0.2) is 0 Å². The van der Waals surface area contributed by atoms with Gasteiger partial charge in [-0.25, -0.2) is 4.39 Å². The van der Waals surface area contributed by atoms with Gasteiger partial charge in [-0.15, -0.1) is 0 Å². The number of hydrogen-bond donors (Lipinski definition) is 2. The van der Waals surface area contributed by atoms with Crippen molar-refractivity contribution in [1.82, 2.24) is 4.90 Å². The molecular formula is C17H20FN3O2. The van der Waals surface area contributed by atoms with Gasteiger partial charge < -0.3 is 10.4 Å². The SMILES string of the molecule is N#Cc1cc(F)ccc1NC1CC(N(CC(=O)O)CC2CC2)C1. The Hall–Kier alpha value is -2.13. The number of carbonyl (C=O) groups is 1. The second-order valence-electron chi connectivity index (χ2n) is 6.53. The van der Waals surface area contributed by atoms with Crippen molar-refractivity contribution in [1.29, 1.82) is 5.26 Å². The quantitative estimate of drug-likeness (QED) is 0.808. The van der Waals surface area contributed by atoms with Crippen LogP contribution in [-0.2, 0) is 4.79 Å². The Morgan fingerprint density at radius 1 is 1.43 bits per heavy atom. The Kier molecular flexibility index (Phi) is 4.49. The number of nitriles is 1. The van der Waals surface area contributed by atoms with Crippen molar-refractivity contribution >= 4 is 11.7 Å². The molecule has 0 aromatic heterocycles. The zero-order valence-corrected chi connectivity index (χ0v) is 12.8. The summed E-state index contributed by atoms with van der Waals surface area (Å²) in [7, 11) is 0. The molecule has 0 unspecified atom stereocenters. The number of nitrogens with zero attached hydrogens (tertiary/aromatic N) is 2. The number of anilines is 1. The molecule has 0 spiro atoms. The Bertz CT molecular complexity index is 633. The lowest BCUT2D eigenvalue weighted by Gasteiger charge is -2.43. The van der Waals surface area contributed by atoms with Gasteiger partial charge in [-0.05, 0) is 49.8 Å². The summed E-state index contributed by atoms with van der Waals surface area (Å²) in [6.07, 6.45) is 4.10. The van der Waals surface area contributed by atoms with Crippen molar-refractivity contribution < 1.29 is 14.3 Å². The van der Waals surface area contributed by atoms with Crippen LogP contribution in [0.15, 0.2) is 18.2 Å². The molecule has 1 aromatic rings. The number of nitrogens with one attached hydrogen (secondary N) is 1. The van der Waals surface area contributed by atoms with Gasteiger partial charge in [0, 0.05) is 18.6 Å². The average Bonchev–Trinajstić information content (AvgIpc) is 3.26. The fraction of sp³-hybridized carbons (Fsp3) is 0.529. The second kappa shape index (κ2) is 6.55. The van der Waals surface area contributed by atoms with Gasteiger partial charge in [0.2, 0.25) is 0 Å². The zero-order chi connectivity index (χ0) is 16.4. The van der Waals surface area contributed by atoms with Crippen molar-refractivity contribution in [2.24, 2.45) is 5.92 Å². The Morgan fingerprint density at radius 3 is 2.78 bits per heavy atom. The molecule has 0 radical (unpaired) electrons. The van der Waals surface area contributed by atoms with Crippen LogP contribution in [0.4, 0.5) is 10.1 Å². The third-order valence-corrected chi connectivity index (χ3v) is 4.62. The molecule has 5 nitrogen and oxygen atoms in total.